The number of ether oxygens (including phenoxy) is 6. The van der Waals surface area contributed by atoms with Gasteiger partial charge in [0, 0.05) is 7.11 Å². The number of aliphatic hydroxyl groups excluding tert-OH is 1. The molecular formula is C25H32O7. The van der Waals surface area contributed by atoms with Crippen LogP contribution in [0.15, 0.2) is 60.7 Å². The van der Waals surface area contributed by atoms with Crippen molar-refractivity contribution >= 4 is 0 Å². The first-order valence-corrected chi connectivity index (χ1v) is 11.0. The molecule has 1 N–H and O–H groups in total. The highest BCUT2D eigenvalue weighted by molar-refractivity contribution is 5.14. The number of methoxy groups -OCH3 is 1. The van der Waals surface area contributed by atoms with Gasteiger partial charge in [-0.3, -0.25) is 0 Å². The minimum Gasteiger partial charge on any atom is -0.388 e. The molecule has 174 valence electrons. The molecule has 2 aliphatic rings. The third-order valence-electron chi connectivity index (χ3n) is 5.67. The zero-order chi connectivity index (χ0) is 22.6. The molecule has 7 heteroatoms. The maximum Gasteiger partial charge on any atom is 0.186 e. The first-order chi connectivity index (χ1) is 15.5. The monoisotopic (exact) mass is 444 g/mol. The third kappa shape index (κ3) is 5.55. The predicted octanol–water partition coefficient (Wildman–Crippen LogP) is 3.04. The van der Waals surface area contributed by atoms with E-state index in [9.17, 15) is 5.11 Å². The highest BCUT2D eigenvalue weighted by atomic mass is 16.8. The number of fused-ring (bicyclic) bond motifs is 1. The first-order valence-electron chi connectivity index (χ1n) is 11.0. The molecule has 2 saturated heterocycles. The molecule has 0 amide bonds. The Morgan fingerprint density at radius 3 is 2.12 bits per heavy atom. The summed E-state index contributed by atoms with van der Waals surface area (Å²) in [7, 11) is 1.57. The van der Waals surface area contributed by atoms with Gasteiger partial charge in [0.05, 0.1) is 19.8 Å². The fourth-order valence-electron chi connectivity index (χ4n) is 4.20. The summed E-state index contributed by atoms with van der Waals surface area (Å²) in [4.78, 5) is 0. The van der Waals surface area contributed by atoms with E-state index in [1.54, 1.807) is 7.11 Å². The molecule has 2 heterocycles. The lowest BCUT2D eigenvalue weighted by Crippen LogP contribution is -2.48. The number of benzene rings is 2. The molecule has 0 bridgehead atoms. The average molecular weight is 445 g/mol. The Hall–Kier alpha value is -1.84. The summed E-state index contributed by atoms with van der Waals surface area (Å²) in [5.41, 5.74) is 2.03. The van der Waals surface area contributed by atoms with Gasteiger partial charge in [-0.05, 0) is 25.0 Å². The van der Waals surface area contributed by atoms with Crippen LogP contribution in [0.1, 0.15) is 25.0 Å². The minimum atomic E-state index is -0.934. The van der Waals surface area contributed by atoms with Gasteiger partial charge in [0.1, 0.15) is 30.5 Å². The smallest absolute Gasteiger partial charge is 0.186 e. The van der Waals surface area contributed by atoms with Gasteiger partial charge >= 0.3 is 0 Å². The van der Waals surface area contributed by atoms with Crippen LogP contribution in [0.3, 0.4) is 0 Å². The minimum absolute atomic E-state index is 0.0908. The predicted molar refractivity (Wildman–Crippen MR) is 117 cm³/mol. The van der Waals surface area contributed by atoms with E-state index in [1.165, 1.54) is 0 Å². The van der Waals surface area contributed by atoms with E-state index < -0.39 is 42.6 Å². The largest absolute Gasteiger partial charge is 0.388 e. The third-order valence-corrected chi connectivity index (χ3v) is 5.67. The van der Waals surface area contributed by atoms with Crippen LogP contribution in [0.4, 0.5) is 0 Å². The maximum atomic E-state index is 11.1. The van der Waals surface area contributed by atoms with Crippen molar-refractivity contribution < 1.29 is 33.5 Å². The normalized spacial score (nSPS) is 28.4. The van der Waals surface area contributed by atoms with Crippen molar-refractivity contribution in [3.8, 4) is 0 Å². The molecule has 7 nitrogen and oxygen atoms in total. The van der Waals surface area contributed by atoms with E-state index in [-0.39, 0.29) is 6.61 Å². The van der Waals surface area contributed by atoms with Crippen LogP contribution in [0, 0.1) is 0 Å². The van der Waals surface area contributed by atoms with Gasteiger partial charge in [-0.1, -0.05) is 60.7 Å². The van der Waals surface area contributed by atoms with E-state index in [1.807, 2.05) is 74.5 Å². The first kappa shape index (κ1) is 23.3. The molecule has 2 fully saturated rings. The van der Waals surface area contributed by atoms with Gasteiger partial charge < -0.3 is 33.5 Å². The van der Waals surface area contributed by atoms with Crippen molar-refractivity contribution in [2.24, 2.45) is 0 Å². The summed E-state index contributed by atoms with van der Waals surface area (Å²) in [6, 6.07) is 19.6. The molecule has 0 spiro atoms. The average Bonchev–Trinajstić information content (AvgIpc) is 3.28. The van der Waals surface area contributed by atoms with Crippen LogP contribution in [-0.2, 0) is 41.6 Å². The Kier molecular flexibility index (Phi) is 7.58. The number of rotatable bonds is 10. The second-order valence-corrected chi connectivity index (χ2v) is 8.60. The van der Waals surface area contributed by atoms with Crippen molar-refractivity contribution in [2.75, 3.05) is 13.7 Å². The molecule has 0 aliphatic carbocycles. The van der Waals surface area contributed by atoms with Gasteiger partial charge in [0.25, 0.3) is 0 Å². The summed E-state index contributed by atoms with van der Waals surface area (Å²) >= 11 is 0. The topological polar surface area (TPSA) is 75.6 Å². The van der Waals surface area contributed by atoms with Gasteiger partial charge in [-0.2, -0.15) is 0 Å². The molecule has 0 radical (unpaired) electrons. The van der Waals surface area contributed by atoms with Crippen molar-refractivity contribution in [3.05, 3.63) is 71.8 Å². The molecule has 0 saturated carbocycles. The highest BCUT2D eigenvalue weighted by Gasteiger charge is 2.58. The Labute approximate surface area is 189 Å². The Morgan fingerprint density at radius 2 is 1.50 bits per heavy atom. The van der Waals surface area contributed by atoms with Gasteiger partial charge in [0.2, 0.25) is 0 Å². The van der Waals surface area contributed by atoms with Crippen LogP contribution < -0.4 is 0 Å². The van der Waals surface area contributed by atoms with Crippen molar-refractivity contribution in [1.82, 2.24) is 0 Å². The van der Waals surface area contributed by atoms with Crippen LogP contribution in [0.25, 0.3) is 0 Å². The summed E-state index contributed by atoms with van der Waals surface area (Å²) in [6.45, 7) is 4.52. The molecule has 0 aromatic heterocycles. The standard InChI is InChI=1S/C25H32O7/c1-25(2)31-22-21(30-24(27-3)23(22)32-25)20(29-15-18-12-8-5-9-13-18)19(26)16-28-14-17-10-6-4-7-11-17/h4-13,19-24,26H,14-16H2,1-3H3/t19-,20-,21+,22-,23-,24-/m0/s1. The lowest BCUT2D eigenvalue weighted by molar-refractivity contribution is -0.248. The van der Waals surface area contributed by atoms with E-state index >= 15 is 0 Å². The van der Waals surface area contributed by atoms with E-state index in [4.69, 9.17) is 28.4 Å². The molecular weight excluding hydrogens is 412 g/mol. The SMILES string of the molecule is CO[C@H]1O[C@H]([C@@H](OCc2ccccc2)[C@@H](O)COCc2ccccc2)[C@@H]2OC(C)(C)O[C@H]12. The summed E-state index contributed by atoms with van der Waals surface area (Å²) in [6.07, 6.45) is -3.65. The number of hydrogen-bond acceptors (Lipinski definition) is 7. The molecule has 2 aromatic rings. The molecule has 6 atom stereocenters. The van der Waals surface area contributed by atoms with E-state index in [0.717, 1.165) is 11.1 Å². The second kappa shape index (κ2) is 10.4. The maximum absolute atomic E-state index is 11.1. The Bertz CT molecular complexity index is 829. The molecule has 0 unspecified atom stereocenters. The quantitative estimate of drug-likeness (QED) is 0.604. The molecule has 2 aromatic carbocycles. The zero-order valence-corrected chi connectivity index (χ0v) is 18.8. The van der Waals surface area contributed by atoms with Crippen LogP contribution >= 0.6 is 0 Å². The van der Waals surface area contributed by atoms with Crippen LogP contribution in [0.2, 0.25) is 0 Å². The van der Waals surface area contributed by atoms with E-state index in [2.05, 4.69) is 0 Å². The lowest BCUT2D eigenvalue weighted by atomic mass is 10.0. The van der Waals surface area contributed by atoms with Crippen LogP contribution in [0.5, 0.6) is 0 Å². The van der Waals surface area contributed by atoms with Crippen LogP contribution in [-0.4, -0.2) is 61.4 Å². The highest BCUT2D eigenvalue weighted by Crippen LogP contribution is 2.41. The van der Waals surface area contributed by atoms with Gasteiger partial charge in [-0.25, -0.2) is 0 Å². The van der Waals surface area contributed by atoms with E-state index in [0.29, 0.717) is 13.2 Å². The van der Waals surface area contributed by atoms with Gasteiger partial charge in [0.15, 0.2) is 12.1 Å². The fraction of sp³-hybridized carbons (Fsp3) is 0.520. The second-order valence-electron chi connectivity index (χ2n) is 8.60. The molecule has 32 heavy (non-hydrogen) atoms. The van der Waals surface area contributed by atoms with Gasteiger partial charge in [-0.15, -0.1) is 0 Å². The molecule has 2 aliphatic heterocycles. The number of hydrogen-bond donors (Lipinski definition) is 1. The number of aliphatic hydroxyl groups is 1. The summed E-state index contributed by atoms with van der Waals surface area (Å²) in [5, 5.41) is 11.1. The zero-order valence-electron chi connectivity index (χ0n) is 18.8. The van der Waals surface area contributed by atoms with Crippen molar-refractivity contribution in [3.63, 3.8) is 0 Å². The van der Waals surface area contributed by atoms with Crippen molar-refractivity contribution in [2.45, 2.75) is 69.7 Å². The summed E-state index contributed by atoms with van der Waals surface area (Å²) < 4.78 is 35.7. The molecule has 4 rings (SSSR count). The lowest BCUT2D eigenvalue weighted by Gasteiger charge is -2.31. The fourth-order valence-corrected chi connectivity index (χ4v) is 4.20. The Morgan fingerprint density at radius 1 is 0.906 bits per heavy atom. The Balaban J connectivity index is 1.46. The summed E-state index contributed by atoms with van der Waals surface area (Å²) in [5.74, 6) is -0.771. The van der Waals surface area contributed by atoms with Crippen molar-refractivity contribution in [1.29, 1.82) is 0 Å².